The Morgan fingerprint density at radius 3 is 1.88 bits per heavy atom. The molecule has 0 aromatic heterocycles. The van der Waals surface area contributed by atoms with E-state index < -0.39 is 42.3 Å². The first-order valence-corrected chi connectivity index (χ1v) is 10.2. The number of ether oxygens (including phenoxy) is 2. The van der Waals surface area contributed by atoms with Crippen LogP contribution < -0.4 is 5.32 Å². The SMILES string of the molecule is O=C(C[C@@H](NC(=O)OCc1ccccc1)C(=O)OCc1ccccc1)ON1C(=O)CCC1=O. The minimum Gasteiger partial charge on any atom is -0.459 e. The van der Waals surface area contributed by atoms with Crippen molar-refractivity contribution in [1.82, 2.24) is 10.4 Å². The summed E-state index contributed by atoms with van der Waals surface area (Å²) in [6.45, 7) is -0.144. The number of carbonyl (C=O) groups excluding carboxylic acids is 5. The van der Waals surface area contributed by atoms with Crippen molar-refractivity contribution in [2.24, 2.45) is 0 Å². The molecule has 3 amide bonds. The van der Waals surface area contributed by atoms with E-state index in [1.807, 2.05) is 6.07 Å². The predicted molar refractivity (Wildman–Crippen MR) is 112 cm³/mol. The summed E-state index contributed by atoms with van der Waals surface area (Å²) in [5.41, 5.74) is 1.42. The van der Waals surface area contributed by atoms with Gasteiger partial charge in [0.2, 0.25) is 0 Å². The largest absolute Gasteiger partial charge is 0.459 e. The minimum atomic E-state index is -1.46. The van der Waals surface area contributed by atoms with Crippen LogP contribution in [0.1, 0.15) is 30.4 Å². The van der Waals surface area contributed by atoms with Crippen molar-refractivity contribution < 1.29 is 38.3 Å². The van der Waals surface area contributed by atoms with Crippen molar-refractivity contribution in [1.29, 1.82) is 0 Å². The van der Waals surface area contributed by atoms with E-state index in [0.29, 0.717) is 10.6 Å². The number of amides is 3. The number of alkyl carbamates (subject to hydrolysis) is 1. The fourth-order valence-corrected chi connectivity index (χ4v) is 2.89. The average Bonchev–Trinajstić information content (AvgIpc) is 3.14. The standard InChI is InChI=1S/C23H22N2O8/c26-19-11-12-20(27)25(19)33-21(28)13-18(22(29)31-14-16-7-3-1-4-8-16)24-23(30)32-15-17-9-5-2-6-10-17/h1-10,18H,11-15H2,(H,24,30)/t18-/m1/s1. The second kappa shape index (κ2) is 11.4. The van der Waals surface area contributed by atoms with Crippen molar-refractivity contribution in [3.63, 3.8) is 0 Å². The molecule has 1 N–H and O–H groups in total. The number of nitrogens with one attached hydrogen (secondary N) is 1. The van der Waals surface area contributed by atoms with E-state index in [-0.39, 0.29) is 26.1 Å². The molecule has 10 heteroatoms. The van der Waals surface area contributed by atoms with Gasteiger partial charge in [-0.1, -0.05) is 60.7 Å². The first-order chi connectivity index (χ1) is 15.9. The zero-order chi connectivity index (χ0) is 23.6. The van der Waals surface area contributed by atoms with Crippen LogP contribution in [0.5, 0.6) is 0 Å². The van der Waals surface area contributed by atoms with Crippen LogP contribution >= 0.6 is 0 Å². The van der Waals surface area contributed by atoms with Gasteiger partial charge in [0.1, 0.15) is 19.3 Å². The average molecular weight is 454 g/mol. The molecule has 10 nitrogen and oxygen atoms in total. The molecule has 0 spiro atoms. The first kappa shape index (κ1) is 23.5. The number of benzene rings is 2. The maximum atomic E-state index is 12.6. The Labute approximate surface area is 189 Å². The van der Waals surface area contributed by atoms with E-state index in [1.54, 1.807) is 54.6 Å². The van der Waals surface area contributed by atoms with Gasteiger partial charge in [-0.3, -0.25) is 9.59 Å². The zero-order valence-electron chi connectivity index (χ0n) is 17.6. The van der Waals surface area contributed by atoms with Gasteiger partial charge in [0.25, 0.3) is 11.8 Å². The molecule has 0 unspecified atom stereocenters. The third-order valence-electron chi connectivity index (χ3n) is 4.58. The van der Waals surface area contributed by atoms with Crippen molar-refractivity contribution >= 4 is 29.8 Å². The van der Waals surface area contributed by atoms with E-state index in [1.165, 1.54) is 0 Å². The van der Waals surface area contributed by atoms with E-state index in [4.69, 9.17) is 14.3 Å². The molecule has 33 heavy (non-hydrogen) atoms. The summed E-state index contributed by atoms with van der Waals surface area (Å²) in [6, 6.07) is 16.2. The van der Waals surface area contributed by atoms with Crippen LogP contribution in [0.25, 0.3) is 0 Å². The summed E-state index contributed by atoms with van der Waals surface area (Å²) in [5.74, 6) is -3.30. The molecule has 172 valence electrons. The Bertz CT molecular complexity index is 994. The number of hydrogen-bond acceptors (Lipinski definition) is 8. The molecule has 0 saturated carbocycles. The molecule has 2 aromatic rings. The summed E-state index contributed by atoms with van der Waals surface area (Å²) in [5, 5.41) is 2.64. The maximum Gasteiger partial charge on any atom is 0.408 e. The van der Waals surface area contributed by atoms with Crippen molar-refractivity contribution in [3.8, 4) is 0 Å². The molecule has 1 fully saturated rings. The highest BCUT2D eigenvalue weighted by atomic mass is 16.7. The van der Waals surface area contributed by atoms with Gasteiger partial charge in [0.15, 0.2) is 0 Å². The molecule has 1 aliphatic heterocycles. The van der Waals surface area contributed by atoms with Gasteiger partial charge < -0.3 is 19.6 Å². The van der Waals surface area contributed by atoms with Gasteiger partial charge in [0.05, 0.1) is 6.42 Å². The number of hydroxylamine groups is 2. The summed E-state index contributed by atoms with van der Waals surface area (Å²) in [6.07, 6.45) is -1.77. The molecule has 1 aliphatic rings. The molecule has 0 aliphatic carbocycles. The van der Waals surface area contributed by atoms with Gasteiger partial charge in [-0.25, -0.2) is 14.4 Å². The number of carbonyl (C=O) groups is 5. The highest BCUT2D eigenvalue weighted by molar-refractivity contribution is 6.01. The lowest BCUT2D eigenvalue weighted by molar-refractivity contribution is -0.198. The van der Waals surface area contributed by atoms with Gasteiger partial charge in [-0.2, -0.15) is 0 Å². The summed E-state index contributed by atoms with van der Waals surface area (Å²) < 4.78 is 10.3. The Morgan fingerprint density at radius 2 is 1.33 bits per heavy atom. The van der Waals surface area contributed by atoms with E-state index in [2.05, 4.69) is 5.32 Å². The second-order valence-corrected chi connectivity index (χ2v) is 7.10. The van der Waals surface area contributed by atoms with Crippen LogP contribution in [0, 0.1) is 0 Å². The molecule has 0 radical (unpaired) electrons. The summed E-state index contributed by atoms with van der Waals surface area (Å²) >= 11 is 0. The van der Waals surface area contributed by atoms with Gasteiger partial charge in [-0.15, -0.1) is 5.06 Å². The Kier molecular flexibility index (Phi) is 8.12. The van der Waals surface area contributed by atoms with Gasteiger partial charge >= 0.3 is 18.0 Å². The van der Waals surface area contributed by atoms with Gasteiger partial charge in [-0.05, 0) is 11.1 Å². The molecule has 1 atom stereocenters. The van der Waals surface area contributed by atoms with Crippen LogP contribution in [-0.4, -0.2) is 41.0 Å². The van der Waals surface area contributed by atoms with Crippen LogP contribution in [0.3, 0.4) is 0 Å². The van der Waals surface area contributed by atoms with Crippen molar-refractivity contribution in [2.75, 3.05) is 0 Å². The fourth-order valence-electron chi connectivity index (χ4n) is 2.89. The highest BCUT2D eigenvalue weighted by Crippen LogP contribution is 2.14. The predicted octanol–water partition coefficient (Wildman–Crippen LogP) is 2.02. The van der Waals surface area contributed by atoms with E-state index in [9.17, 15) is 24.0 Å². The number of hydrogen-bond donors (Lipinski definition) is 1. The highest BCUT2D eigenvalue weighted by Gasteiger charge is 2.35. The molecule has 1 saturated heterocycles. The van der Waals surface area contributed by atoms with Crippen molar-refractivity contribution in [3.05, 3.63) is 71.8 Å². The topological polar surface area (TPSA) is 128 Å². The zero-order valence-corrected chi connectivity index (χ0v) is 17.6. The first-order valence-electron chi connectivity index (χ1n) is 10.2. The summed E-state index contributed by atoms with van der Waals surface area (Å²) in [7, 11) is 0. The van der Waals surface area contributed by atoms with Crippen LogP contribution in [0.4, 0.5) is 4.79 Å². The summed E-state index contributed by atoms with van der Waals surface area (Å²) in [4.78, 5) is 65.1. The quantitative estimate of drug-likeness (QED) is 0.450. The Hall–Kier alpha value is -4.21. The fraction of sp³-hybridized carbons (Fsp3) is 0.261. The van der Waals surface area contributed by atoms with Crippen LogP contribution in [0.15, 0.2) is 60.7 Å². The Morgan fingerprint density at radius 1 is 0.818 bits per heavy atom. The van der Waals surface area contributed by atoms with Gasteiger partial charge in [0, 0.05) is 12.8 Å². The van der Waals surface area contributed by atoms with Crippen molar-refractivity contribution in [2.45, 2.75) is 38.5 Å². The lowest BCUT2D eigenvalue weighted by Gasteiger charge is -2.18. The second-order valence-electron chi connectivity index (χ2n) is 7.10. The minimum absolute atomic E-state index is 0.0559. The third-order valence-corrected chi connectivity index (χ3v) is 4.58. The lowest BCUT2D eigenvalue weighted by Crippen LogP contribution is -2.44. The molecule has 2 aromatic carbocycles. The smallest absolute Gasteiger partial charge is 0.408 e. The molecular formula is C23H22N2O8. The van der Waals surface area contributed by atoms with E-state index in [0.717, 1.165) is 5.56 Å². The third kappa shape index (κ3) is 7.17. The lowest BCUT2D eigenvalue weighted by atomic mass is 10.2. The number of imide groups is 1. The number of nitrogens with zero attached hydrogens (tertiary/aromatic N) is 1. The molecular weight excluding hydrogens is 432 g/mol. The molecule has 1 heterocycles. The maximum absolute atomic E-state index is 12.6. The van der Waals surface area contributed by atoms with Crippen LogP contribution in [-0.2, 0) is 46.7 Å². The normalized spacial score (nSPS) is 13.9. The molecule has 0 bridgehead atoms. The Balaban J connectivity index is 1.60. The van der Waals surface area contributed by atoms with Crippen LogP contribution in [0.2, 0.25) is 0 Å². The monoisotopic (exact) mass is 454 g/mol. The van der Waals surface area contributed by atoms with E-state index >= 15 is 0 Å². The number of esters is 1. The number of rotatable bonds is 9. The molecule has 3 rings (SSSR count).